The molecule has 1 fully saturated rings. The molecule has 1 amide bonds. The Labute approximate surface area is 127 Å². The van der Waals surface area contributed by atoms with Gasteiger partial charge in [0, 0.05) is 28.5 Å². The van der Waals surface area contributed by atoms with Crippen LogP contribution in [0.5, 0.6) is 0 Å². The second-order valence-corrected chi connectivity index (χ2v) is 6.10. The molecule has 1 atom stereocenters. The van der Waals surface area contributed by atoms with Crippen LogP contribution in [-0.4, -0.2) is 22.3 Å². The van der Waals surface area contributed by atoms with Crippen LogP contribution in [0, 0.1) is 6.92 Å². The molecule has 2 heterocycles. The Morgan fingerprint density at radius 1 is 1.40 bits per heavy atom. The van der Waals surface area contributed by atoms with Gasteiger partial charge in [-0.3, -0.25) is 4.79 Å². The number of amides is 1. The van der Waals surface area contributed by atoms with E-state index in [0.29, 0.717) is 0 Å². The maximum absolute atomic E-state index is 12.7. The van der Waals surface area contributed by atoms with Crippen molar-refractivity contribution in [1.82, 2.24) is 9.88 Å². The molecule has 3 rings (SSSR count). The monoisotopic (exact) mass is 332 g/mol. The van der Waals surface area contributed by atoms with E-state index < -0.39 is 0 Å². The number of likely N-dealkylation sites (tertiary alicyclic amines) is 1. The van der Waals surface area contributed by atoms with Crippen LogP contribution in [0.1, 0.15) is 40.5 Å². The largest absolute Gasteiger partial charge is 0.363 e. The van der Waals surface area contributed by atoms with Gasteiger partial charge in [-0.15, -0.1) is 0 Å². The minimum absolute atomic E-state index is 0.123. The Hall–Kier alpha value is -1.55. The van der Waals surface area contributed by atoms with Crippen LogP contribution in [-0.2, 0) is 0 Å². The minimum Gasteiger partial charge on any atom is -0.363 e. The quantitative estimate of drug-likeness (QED) is 0.884. The number of nitrogens with zero attached hydrogens (tertiary/aromatic N) is 1. The smallest absolute Gasteiger partial charge is 0.254 e. The summed E-state index contributed by atoms with van der Waals surface area (Å²) in [6.45, 7) is 2.84. The summed E-state index contributed by atoms with van der Waals surface area (Å²) in [5, 5.41) is 0. The summed E-state index contributed by atoms with van der Waals surface area (Å²) in [5.74, 6) is 0.123. The molecule has 1 saturated heterocycles. The Bertz CT molecular complexity index is 621. The lowest BCUT2D eigenvalue weighted by Gasteiger charge is -2.24. The predicted molar refractivity (Wildman–Crippen MR) is 82.7 cm³/mol. The van der Waals surface area contributed by atoms with Gasteiger partial charge >= 0.3 is 0 Å². The van der Waals surface area contributed by atoms with Crippen molar-refractivity contribution in [3.8, 4) is 0 Å². The lowest BCUT2D eigenvalue weighted by atomic mass is 10.1. The number of carbonyl (C=O) groups is 1. The standard InChI is InChI=1S/C16H17BrN2O/c1-11-10-12(6-7-13(11)17)16(20)19-9-3-5-15(19)14-4-2-8-18-14/h2,4,6-8,10,15,18H,3,5,9H2,1H3. The molecule has 1 aliphatic heterocycles. The van der Waals surface area contributed by atoms with Crippen molar-refractivity contribution in [2.24, 2.45) is 0 Å². The lowest BCUT2D eigenvalue weighted by Crippen LogP contribution is -2.30. The van der Waals surface area contributed by atoms with E-state index in [-0.39, 0.29) is 11.9 Å². The number of aromatic nitrogens is 1. The molecule has 3 nitrogen and oxygen atoms in total. The van der Waals surface area contributed by atoms with Crippen molar-refractivity contribution in [3.63, 3.8) is 0 Å². The zero-order chi connectivity index (χ0) is 14.1. The summed E-state index contributed by atoms with van der Waals surface area (Å²) in [6, 6.07) is 10.0. The molecule has 0 radical (unpaired) electrons. The number of rotatable bonds is 2. The second kappa shape index (κ2) is 5.44. The first-order valence-corrected chi connectivity index (χ1v) is 7.66. The van der Waals surface area contributed by atoms with E-state index in [2.05, 4.69) is 27.0 Å². The van der Waals surface area contributed by atoms with Crippen LogP contribution in [0.15, 0.2) is 41.0 Å². The van der Waals surface area contributed by atoms with Gasteiger partial charge in [0.05, 0.1) is 6.04 Å². The molecule has 4 heteroatoms. The fourth-order valence-corrected chi connectivity index (χ4v) is 3.07. The van der Waals surface area contributed by atoms with Crippen molar-refractivity contribution in [1.29, 1.82) is 0 Å². The van der Waals surface area contributed by atoms with Crippen LogP contribution < -0.4 is 0 Å². The van der Waals surface area contributed by atoms with E-state index in [0.717, 1.165) is 40.7 Å². The van der Waals surface area contributed by atoms with Gasteiger partial charge in [0.1, 0.15) is 0 Å². The average Bonchev–Trinajstić information content (AvgIpc) is 3.10. The summed E-state index contributed by atoms with van der Waals surface area (Å²) in [4.78, 5) is 17.9. The highest BCUT2D eigenvalue weighted by Crippen LogP contribution is 2.32. The SMILES string of the molecule is Cc1cc(C(=O)N2CCCC2c2ccc[nH]2)ccc1Br. The van der Waals surface area contributed by atoms with Gasteiger partial charge in [-0.25, -0.2) is 0 Å². The molecule has 1 unspecified atom stereocenters. The molecule has 2 aromatic rings. The van der Waals surface area contributed by atoms with Gasteiger partial charge < -0.3 is 9.88 Å². The van der Waals surface area contributed by atoms with Crippen molar-refractivity contribution in [2.45, 2.75) is 25.8 Å². The fraction of sp³-hybridized carbons (Fsp3) is 0.312. The maximum Gasteiger partial charge on any atom is 0.254 e. The number of hydrogen-bond donors (Lipinski definition) is 1. The highest BCUT2D eigenvalue weighted by molar-refractivity contribution is 9.10. The molecular formula is C16H17BrN2O. The van der Waals surface area contributed by atoms with E-state index in [1.807, 2.05) is 42.3 Å². The van der Waals surface area contributed by atoms with E-state index in [4.69, 9.17) is 0 Å². The van der Waals surface area contributed by atoms with E-state index >= 15 is 0 Å². The molecule has 1 aromatic carbocycles. The Balaban J connectivity index is 1.87. The molecule has 1 aromatic heterocycles. The third-order valence-corrected chi connectivity index (χ3v) is 4.79. The molecular weight excluding hydrogens is 316 g/mol. The number of H-pyrrole nitrogens is 1. The van der Waals surface area contributed by atoms with E-state index in [1.54, 1.807) is 0 Å². The summed E-state index contributed by atoms with van der Waals surface area (Å²) in [5.41, 5.74) is 2.99. The Morgan fingerprint density at radius 3 is 2.95 bits per heavy atom. The highest BCUT2D eigenvalue weighted by atomic mass is 79.9. The molecule has 0 aliphatic carbocycles. The van der Waals surface area contributed by atoms with Gasteiger partial charge in [0.2, 0.25) is 0 Å². The maximum atomic E-state index is 12.7. The van der Waals surface area contributed by atoms with Gasteiger partial charge in [-0.05, 0) is 55.7 Å². The number of benzene rings is 1. The third-order valence-electron chi connectivity index (χ3n) is 3.90. The zero-order valence-electron chi connectivity index (χ0n) is 11.4. The molecule has 1 N–H and O–H groups in total. The third kappa shape index (κ3) is 2.40. The van der Waals surface area contributed by atoms with Crippen LogP contribution >= 0.6 is 15.9 Å². The fourth-order valence-electron chi connectivity index (χ4n) is 2.83. The van der Waals surface area contributed by atoms with Gasteiger partial charge in [0.25, 0.3) is 5.91 Å². The number of aryl methyl sites for hydroxylation is 1. The normalized spacial score (nSPS) is 18.5. The van der Waals surface area contributed by atoms with Crippen molar-refractivity contribution in [2.75, 3.05) is 6.54 Å². The number of nitrogens with one attached hydrogen (secondary N) is 1. The summed E-state index contributed by atoms with van der Waals surface area (Å²) in [7, 11) is 0. The first-order valence-electron chi connectivity index (χ1n) is 6.87. The van der Waals surface area contributed by atoms with Gasteiger partial charge in [0.15, 0.2) is 0 Å². The topological polar surface area (TPSA) is 36.1 Å². The minimum atomic E-state index is 0.123. The molecule has 20 heavy (non-hydrogen) atoms. The van der Waals surface area contributed by atoms with Crippen molar-refractivity contribution in [3.05, 3.63) is 57.8 Å². The van der Waals surface area contributed by atoms with Gasteiger partial charge in [-0.1, -0.05) is 15.9 Å². The van der Waals surface area contributed by atoms with Crippen LogP contribution in [0.4, 0.5) is 0 Å². The lowest BCUT2D eigenvalue weighted by molar-refractivity contribution is 0.0733. The number of hydrogen-bond acceptors (Lipinski definition) is 1. The Kier molecular flexibility index (Phi) is 3.66. The van der Waals surface area contributed by atoms with Crippen LogP contribution in [0.25, 0.3) is 0 Å². The Morgan fingerprint density at radius 2 is 2.25 bits per heavy atom. The summed E-state index contributed by atoms with van der Waals surface area (Å²) in [6.07, 6.45) is 4.01. The van der Waals surface area contributed by atoms with E-state index in [1.165, 1.54) is 0 Å². The first kappa shape index (κ1) is 13.4. The summed E-state index contributed by atoms with van der Waals surface area (Å²) >= 11 is 3.48. The summed E-state index contributed by atoms with van der Waals surface area (Å²) < 4.78 is 1.04. The first-order chi connectivity index (χ1) is 9.66. The van der Waals surface area contributed by atoms with Gasteiger partial charge in [-0.2, -0.15) is 0 Å². The molecule has 0 saturated carbocycles. The molecule has 104 valence electrons. The molecule has 1 aliphatic rings. The van der Waals surface area contributed by atoms with E-state index in [9.17, 15) is 4.79 Å². The van der Waals surface area contributed by atoms with Crippen LogP contribution in [0.2, 0.25) is 0 Å². The average molecular weight is 333 g/mol. The highest BCUT2D eigenvalue weighted by Gasteiger charge is 2.31. The zero-order valence-corrected chi connectivity index (χ0v) is 13.0. The molecule has 0 bridgehead atoms. The van der Waals surface area contributed by atoms with Crippen molar-refractivity contribution >= 4 is 21.8 Å². The second-order valence-electron chi connectivity index (χ2n) is 5.25. The van der Waals surface area contributed by atoms with Crippen molar-refractivity contribution < 1.29 is 4.79 Å². The predicted octanol–water partition coefficient (Wildman–Crippen LogP) is 4.06. The van der Waals surface area contributed by atoms with Crippen LogP contribution in [0.3, 0.4) is 0 Å². The number of halogens is 1. The number of aromatic amines is 1. The molecule has 0 spiro atoms. The number of carbonyl (C=O) groups excluding carboxylic acids is 1.